The number of nitrogens with zero attached hydrogens (tertiary/aromatic N) is 1. The topological polar surface area (TPSA) is 74.0 Å². The molecule has 0 unspecified atom stereocenters. The molecule has 0 fully saturated rings. The lowest BCUT2D eigenvalue weighted by Gasteiger charge is -2.00. The number of hydrogen-bond donors (Lipinski definition) is 2. The third kappa shape index (κ3) is 1.02. The molecule has 1 aliphatic rings. The minimum atomic E-state index is -0.509. The van der Waals surface area contributed by atoms with Gasteiger partial charge in [0.05, 0.1) is 10.7 Å². The van der Waals surface area contributed by atoms with Gasteiger partial charge in [-0.15, -0.1) is 0 Å². The van der Waals surface area contributed by atoms with Crippen LogP contribution in [0.2, 0.25) is 5.02 Å². The van der Waals surface area contributed by atoms with Crippen molar-refractivity contribution in [1.82, 2.24) is 4.57 Å². The van der Waals surface area contributed by atoms with E-state index in [1.807, 2.05) is 4.57 Å². The van der Waals surface area contributed by atoms with Crippen LogP contribution >= 0.6 is 11.6 Å². The summed E-state index contributed by atoms with van der Waals surface area (Å²) in [5, 5.41) is 0.308. The molecule has 4 nitrogen and oxygen atoms in total. The van der Waals surface area contributed by atoms with E-state index in [-0.39, 0.29) is 0 Å². The first kappa shape index (κ1) is 8.44. The lowest BCUT2D eigenvalue weighted by Crippen LogP contribution is -2.16. The maximum Gasteiger partial charge on any atom is 0.266 e. The van der Waals surface area contributed by atoms with Crippen LogP contribution in [0.4, 0.5) is 5.69 Å². The van der Waals surface area contributed by atoms with Gasteiger partial charge in [-0.25, -0.2) is 0 Å². The zero-order valence-corrected chi connectivity index (χ0v) is 7.77. The highest BCUT2D eigenvalue weighted by Crippen LogP contribution is 2.34. The highest BCUT2D eigenvalue weighted by Gasteiger charge is 2.25. The Morgan fingerprint density at radius 1 is 1.54 bits per heavy atom. The number of carbonyl (C=O) groups is 1. The highest BCUT2D eigenvalue weighted by atomic mass is 35.5. The molecule has 0 aromatic carbocycles. The van der Waals surface area contributed by atoms with E-state index in [0.717, 1.165) is 25.1 Å². The third-order valence-corrected chi connectivity index (χ3v) is 2.76. The zero-order valence-electron chi connectivity index (χ0n) is 7.01. The predicted octanol–water partition coefficient (Wildman–Crippen LogP) is 0.769. The number of carbonyl (C=O) groups excluding carboxylic acids is 1. The van der Waals surface area contributed by atoms with Gasteiger partial charge in [-0.3, -0.25) is 4.79 Å². The Morgan fingerprint density at radius 2 is 2.23 bits per heavy atom. The van der Waals surface area contributed by atoms with Gasteiger partial charge in [-0.1, -0.05) is 11.6 Å². The molecule has 70 valence electrons. The second-order valence-electron chi connectivity index (χ2n) is 3.14. The van der Waals surface area contributed by atoms with Gasteiger partial charge >= 0.3 is 0 Å². The zero-order chi connectivity index (χ0) is 9.59. The molecular weight excluding hydrogens is 190 g/mol. The van der Waals surface area contributed by atoms with Gasteiger partial charge in [0.25, 0.3) is 5.91 Å². The average molecular weight is 200 g/mol. The standard InChI is InChI=1S/C8H10ClN3O/c9-5-6(10)4-2-1-3-12(4)7(5)8(11)13/h1-3,10H2,(H2,11,13). The molecule has 1 aliphatic heterocycles. The minimum absolute atomic E-state index is 0.308. The lowest BCUT2D eigenvalue weighted by molar-refractivity contribution is 0.0992. The van der Waals surface area contributed by atoms with E-state index >= 15 is 0 Å². The van der Waals surface area contributed by atoms with Crippen LogP contribution in [0.1, 0.15) is 22.6 Å². The minimum Gasteiger partial charge on any atom is -0.396 e. The summed E-state index contributed by atoms with van der Waals surface area (Å²) in [5.74, 6) is -0.509. The van der Waals surface area contributed by atoms with Gasteiger partial charge in [0.15, 0.2) is 0 Å². The van der Waals surface area contributed by atoms with Crippen LogP contribution in [-0.2, 0) is 13.0 Å². The smallest absolute Gasteiger partial charge is 0.266 e. The number of halogens is 1. The summed E-state index contributed by atoms with van der Waals surface area (Å²) in [4.78, 5) is 11.1. The van der Waals surface area contributed by atoms with Crippen LogP contribution in [0.25, 0.3) is 0 Å². The monoisotopic (exact) mass is 199 g/mol. The van der Waals surface area contributed by atoms with Crippen LogP contribution in [0.3, 0.4) is 0 Å². The molecule has 0 radical (unpaired) electrons. The van der Waals surface area contributed by atoms with Crippen molar-refractivity contribution in [3.63, 3.8) is 0 Å². The number of nitrogens with two attached hydrogens (primary N) is 2. The first-order valence-electron chi connectivity index (χ1n) is 4.09. The Bertz CT molecular complexity index is 383. The molecule has 0 saturated carbocycles. The van der Waals surface area contributed by atoms with Gasteiger partial charge in [0.1, 0.15) is 5.69 Å². The summed E-state index contributed by atoms with van der Waals surface area (Å²) in [7, 11) is 0. The third-order valence-electron chi connectivity index (χ3n) is 2.38. The average Bonchev–Trinajstić information content (AvgIpc) is 2.57. The van der Waals surface area contributed by atoms with E-state index in [9.17, 15) is 4.79 Å². The molecule has 13 heavy (non-hydrogen) atoms. The number of aromatic nitrogens is 1. The predicted molar refractivity (Wildman–Crippen MR) is 50.7 cm³/mol. The van der Waals surface area contributed by atoms with Gasteiger partial charge < -0.3 is 16.0 Å². The van der Waals surface area contributed by atoms with Crippen LogP contribution in [-0.4, -0.2) is 10.5 Å². The van der Waals surface area contributed by atoms with Crippen molar-refractivity contribution in [3.8, 4) is 0 Å². The molecule has 0 atom stereocenters. The maximum absolute atomic E-state index is 11.1. The number of rotatable bonds is 1. The van der Waals surface area contributed by atoms with E-state index in [2.05, 4.69) is 0 Å². The van der Waals surface area contributed by atoms with Crippen molar-refractivity contribution < 1.29 is 4.79 Å². The first-order valence-corrected chi connectivity index (χ1v) is 4.47. The Labute approximate surface area is 80.4 Å². The van der Waals surface area contributed by atoms with E-state index in [4.69, 9.17) is 23.1 Å². The SMILES string of the molecule is NC(=O)c1c(Cl)c(N)c2n1CCC2. The molecule has 1 aromatic rings. The van der Waals surface area contributed by atoms with Crippen LogP contribution < -0.4 is 11.5 Å². The molecule has 0 aliphatic carbocycles. The van der Waals surface area contributed by atoms with E-state index in [1.54, 1.807) is 0 Å². The molecule has 0 spiro atoms. The van der Waals surface area contributed by atoms with Crippen molar-refractivity contribution in [2.24, 2.45) is 5.73 Å². The van der Waals surface area contributed by atoms with Gasteiger partial charge in [-0.05, 0) is 12.8 Å². The maximum atomic E-state index is 11.1. The Hall–Kier alpha value is -1.16. The highest BCUT2D eigenvalue weighted by molar-refractivity contribution is 6.36. The Balaban J connectivity index is 2.68. The first-order chi connectivity index (χ1) is 6.13. The molecule has 1 amide bonds. The van der Waals surface area contributed by atoms with Crippen LogP contribution in [0.15, 0.2) is 0 Å². The van der Waals surface area contributed by atoms with Gasteiger partial charge in [0, 0.05) is 12.2 Å². The molecule has 2 heterocycles. The summed E-state index contributed by atoms with van der Waals surface area (Å²) in [6.45, 7) is 0.782. The summed E-state index contributed by atoms with van der Waals surface area (Å²) >= 11 is 5.88. The lowest BCUT2D eigenvalue weighted by atomic mass is 10.2. The summed E-state index contributed by atoms with van der Waals surface area (Å²) in [5.41, 5.74) is 12.7. The Morgan fingerprint density at radius 3 is 2.85 bits per heavy atom. The molecule has 1 aromatic heterocycles. The molecule has 5 heteroatoms. The molecular formula is C8H10ClN3O. The number of primary amides is 1. The number of fused-ring (bicyclic) bond motifs is 1. The molecule has 4 N–H and O–H groups in total. The normalized spacial score (nSPS) is 14.5. The van der Waals surface area contributed by atoms with E-state index < -0.39 is 5.91 Å². The second kappa shape index (κ2) is 2.67. The molecule has 0 bridgehead atoms. The van der Waals surface area contributed by atoms with Crippen molar-refractivity contribution in [2.75, 3.05) is 5.73 Å². The number of amides is 1. The number of nitrogen functional groups attached to an aromatic ring is 1. The Kier molecular flexibility index (Phi) is 1.73. The van der Waals surface area contributed by atoms with Gasteiger partial charge in [-0.2, -0.15) is 0 Å². The van der Waals surface area contributed by atoms with Crippen molar-refractivity contribution in [1.29, 1.82) is 0 Å². The van der Waals surface area contributed by atoms with E-state index in [1.165, 1.54) is 0 Å². The number of hydrogen-bond acceptors (Lipinski definition) is 2. The quantitative estimate of drug-likeness (QED) is 0.701. The van der Waals surface area contributed by atoms with Crippen molar-refractivity contribution in [2.45, 2.75) is 19.4 Å². The molecule has 0 saturated heterocycles. The van der Waals surface area contributed by atoms with Crippen LogP contribution in [0, 0.1) is 0 Å². The fourth-order valence-corrected chi connectivity index (χ4v) is 2.12. The fourth-order valence-electron chi connectivity index (χ4n) is 1.82. The van der Waals surface area contributed by atoms with Crippen molar-refractivity contribution >= 4 is 23.2 Å². The molecule has 2 rings (SSSR count). The second-order valence-corrected chi connectivity index (χ2v) is 3.52. The fraction of sp³-hybridized carbons (Fsp3) is 0.375. The van der Waals surface area contributed by atoms with Gasteiger partial charge in [0.2, 0.25) is 0 Å². The van der Waals surface area contributed by atoms with Crippen molar-refractivity contribution in [3.05, 3.63) is 16.4 Å². The largest absolute Gasteiger partial charge is 0.396 e. The summed E-state index contributed by atoms with van der Waals surface area (Å²) < 4.78 is 1.82. The number of anilines is 1. The van der Waals surface area contributed by atoms with E-state index in [0.29, 0.717) is 16.4 Å². The summed E-state index contributed by atoms with van der Waals surface area (Å²) in [6.07, 6.45) is 1.87. The van der Waals surface area contributed by atoms with Crippen LogP contribution in [0.5, 0.6) is 0 Å². The summed E-state index contributed by atoms with van der Waals surface area (Å²) in [6, 6.07) is 0.